The molecule has 0 saturated heterocycles. The van der Waals surface area contributed by atoms with Gasteiger partial charge in [0, 0.05) is 21.9 Å². The van der Waals surface area contributed by atoms with Crippen LogP contribution in [-0.2, 0) is 5.60 Å². The number of rotatable bonds is 4. The minimum Gasteiger partial charge on any atom is -0.384 e. The minimum absolute atomic E-state index is 0.386. The van der Waals surface area contributed by atoms with E-state index in [-0.39, 0.29) is 0 Å². The molecule has 0 bridgehead atoms. The Hall–Kier alpha value is -1.91. The van der Waals surface area contributed by atoms with E-state index in [2.05, 4.69) is 52.5 Å². The molecule has 0 saturated carbocycles. The van der Waals surface area contributed by atoms with Gasteiger partial charge in [0.05, 0.1) is 5.69 Å². The van der Waals surface area contributed by atoms with Crippen molar-refractivity contribution in [3.8, 4) is 17.1 Å². The van der Waals surface area contributed by atoms with E-state index in [1.807, 2.05) is 36.5 Å². The lowest BCUT2D eigenvalue weighted by atomic mass is 9.97. The Balaban J connectivity index is 2.25. The molecule has 0 amide bonds. The highest BCUT2D eigenvalue weighted by Crippen LogP contribution is 2.32. The summed E-state index contributed by atoms with van der Waals surface area (Å²) in [6, 6.07) is 16.4. The van der Waals surface area contributed by atoms with Gasteiger partial charge in [-0.3, -0.25) is 4.57 Å². The van der Waals surface area contributed by atoms with Crippen LogP contribution in [-0.4, -0.2) is 14.7 Å². The molecule has 1 heterocycles. The Labute approximate surface area is 157 Å². The number of aromatic nitrogens is 2. The molecule has 130 valence electrons. The first-order chi connectivity index (χ1) is 11.8. The predicted octanol–water partition coefficient (Wildman–Crippen LogP) is 5.65. The monoisotopic (exact) mass is 398 g/mol. The van der Waals surface area contributed by atoms with Crippen LogP contribution in [0.3, 0.4) is 0 Å². The van der Waals surface area contributed by atoms with E-state index < -0.39 is 5.60 Å². The number of aliphatic hydroxyl groups is 1. The Bertz CT molecular complexity index is 874. The molecule has 4 heteroatoms. The number of halogens is 1. The maximum atomic E-state index is 10.5. The average molecular weight is 399 g/mol. The fourth-order valence-corrected chi connectivity index (χ4v) is 3.13. The SMILES string of the molecule is CC(C)c1ccccc1-c1nc(C(C)(C)O)cn1-c1ccc(Br)cc1. The Morgan fingerprint density at radius 2 is 1.68 bits per heavy atom. The van der Waals surface area contributed by atoms with Crippen LogP contribution in [0.25, 0.3) is 17.1 Å². The van der Waals surface area contributed by atoms with Crippen molar-refractivity contribution in [1.82, 2.24) is 9.55 Å². The van der Waals surface area contributed by atoms with E-state index in [1.54, 1.807) is 13.8 Å². The highest BCUT2D eigenvalue weighted by Gasteiger charge is 2.24. The Morgan fingerprint density at radius 1 is 1.04 bits per heavy atom. The highest BCUT2D eigenvalue weighted by atomic mass is 79.9. The first kappa shape index (κ1) is 17.9. The second kappa shape index (κ2) is 6.77. The van der Waals surface area contributed by atoms with Crippen molar-refractivity contribution in [2.45, 2.75) is 39.2 Å². The molecule has 0 aliphatic rings. The van der Waals surface area contributed by atoms with Gasteiger partial charge in [-0.2, -0.15) is 0 Å². The van der Waals surface area contributed by atoms with Crippen LogP contribution in [0.5, 0.6) is 0 Å². The molecule has 1 N–H and O–H groups in total. The van der Waals surface area contributed by atoms with E-state index in [1.165, 1.54) is 5.56 Å². The molecular formula is C21H23BrN2O. The molecule has 3 rings (SSSR count). The molecule has 0 atom stereocenters. The van der Waals surface area contributed by atoms with E-state index in [4.69, 9.17) is 4.98 Å². The van der Waals surface area contributed by atoms with Crippen LogP contribution in [0.2, 0.25) is 0 Å². The summed E-state index contributed by atoms with van der Waals surface area (Å²) in [5.74, 6) is 1.24. The number of hydrogen-bond acceptors (Lipinski definition) is 2. The van der Waals surface area contributed by atoms with Gasteiger partial charge in [-0.05, 0) is 49.6 Å². The number of benzene rings is 2. The number of hydrogen-bond donors (Lipinski definition) is 1. The van der Waals surface area contributed by atoms with Gasteiger partial charge < -0.3 is 5.11 Å². The van der Waals surface area contributed by atoms with Crippen LogP contribution in [0.4, 0.5) is 0 Å². The molecule has 0 radical (unpaired) electrons. The summed E-state index contributed by atoms with van der Waals surface area (Å²) in [5.41, 5.74) is 3.01. The molecular weight excluding hydrogens is 376 g/mol. The standard InChI is InChI=1S/C21H23BrN2O/c1-14(2)17-7-5-6-8-18(17)20-23-19(21(3,4)25)13-24(20)16-11-9-15(22)10-12-16/h5-14,25H,1-4H3. The number of imidazole rings is 1. The normalized spacial score (nSPS) is 12.0. The minimum atomic E-state index is -0.998. The molecule has 1 aromatic heterocycles. The zero-order valence-corrected chi connectivity index (χ0v) is 16.6. The van der Waals surface area contributed by atoms with Gasteiger partial charge in [0.1, 0.15) is 11.4 Å². The van der Waals surface area contributed by atoms with Gasteiger partial charge in [-0.15, -0.1) is 0 Å². The second-order valence-electron chi connectivity index (χ2n) is 7.10. The van der Waals surface area contributed by atoms with Crippen molar-refractivity contribution < 1.29 is 5.11 Å². The van der Waals surface area contributed by atoms with Gasteiger partial charge >= 0.3 is 0 Å². The first-order valence-electron chi connectivity index (χ1n) is 8.45. The molecule has 25 heavy (non-hydrogen) atoms. The quantitative estimate of drug-likeness (QED) is 0.616. The lowest BCUT2D eigenvalue weighted by Gasteiger charge is -2.14. The van der Waals surface area contributed by atoms with Crippen molar-refractivity contribution in [3.05, 3.63) is 70.5 Å². The zero-order chi connectivity index (χ0) is 18.2. The summed E-state index contributed by atoms with van der Waals surface area (Å²) in [6.45, 7) is 7.89. The van der Waals surface area contributed by atoms with Gasteiger partial charge in [-0.25, -0.2) is 4.98 Å². The molecule has 2 aromatic carbocycles. The van der Waals surface area contributed by atoms with Gasteiger partial charge in [0.2, 0.25) is 0 Å². The third kappa shape index (κ3) is 3.70. The second-order valence-corrected chi connectivity index (χ2v) is 8.01. The van der Waals surface area contributed by atoms with Crippen molar-refractivity contribution in [2.24, 2.45) is 0 Å². The van der Waals surface area contributed by atoms with E-state index >= 15 is 0 Å². The zero-order valence-electron chi connectivity index (χ0n) is 15.0. The van der Waals surface area contributed by atoms with Crippen molar-refractivity contribution in [3.63, 3.8) is 0 Å². The van der Waals surface area contributed by atoms with Crippen molar-refractivity contribution in [2.75, 3.05) is 0 Å². The summed E-state index contributed by atoms with van der Waals surface area (Å²) in [4.78, 5) is 4.79. The summed E-state index contributed by atoms with van der Waals surface area (Å²) < 4.78 is 3.09. The fraction of sp³-hybridized carbons (Fsp3) is 0.286. The molecule has 3 nitrogen and oxygen atoms in total. The third-order valence-electron chi connectivity index (χ3n) is 4.26. The predicted molar refractivity (Wildman–Crippen MR) is 106 cm³/mol. The summed E-state index contributed by atoms with van der Waals surface area (Å²) in [6.07, 6.45) is 1.93. The topological polar surface area (TPSA) is 38.1 Å². The Kier molecular flexibility index (Phi) is 4.85. The lowest BCUT2D eigenvalue weighted by Crippen LogP contribution is -2.15. The summed E-state index contributed by atoms with van der Waals surface area (Å²) >= 11 is 3.48. The van der Waals surface area contributed by atoms with Crippen LogP contribution in [0.15, 0.2) is 59.2 Å². The van der Waals surface area contributed by atoms with E-state index in [9.17, 15) is 5.11 Å². The van der Waals surface area contributed by atoms with Gasteiger partial charge in [0.15, 0.2) is 0 Å². The van der Waals surface area contributed by atoms with Crippen LogP contribution < -0.4 is 0 Å². The highest BCUT2D eigenvalue weighted by molar-refractivity contribution is 9.10. The first-order valence-corrected chi connectivity index (χ1v) is 9.24. The van der Waals surface area contributed by atoms with Gasteiger partial charge in [-0.1, -0.05) is 54.0 Å². The van der Waals surface area contributed by atoms with E-state index in [0.29, 0.717) is 11.6 Å². The van der Waals surface area contributed by atoms with Crippen LogP contribution >= 0.6 is 15.9 Å². The van der Waals surface area contributed by atoms with Gasteiger partial charge in [0.25, 0.3) is 0 Å². The molecule has 0 aliphatic carbocycles. The average Bonchev–Trinajstić information content (AvgIpc) is 3.01. The number of nitrogens with zero attached hydrogens (tertiary/aromatic N) is 2. The van der Waals surface area contributed by atoms with E-state index in [0.717, 1.165) is 21.5 Å². The molecule has 0 fully saturated rings. The molecule has 0 spiro atoms. The van der Waals surface area contributed by atoms with Crippen LogP contribution in [0, 0.1) is 0 Å². The molecule has 0 unspecified atom stereocenters. The van der Waals surface area contributed by atoms with Crippen molar-refractivity contribution in [1.29, 1.82) is 0 Å². The fourth-order valence-electron chi connectivity index (χ4n) is 2.87. The maximum Gasteiger partial charge on any atom is 0.145 e. The summed E-state index contributed by atoms with van der Waals surface area (Å²) in [7, 11) is 0. The third-order valence-corrected chi connectivity index (χ3v) is 4.79. The van der Waals surface area contributed by atoms with Crippen molar-refractivity contribution >= 4 is 15.9 Å². The maximum absolute atomic E-state index is 10.5. The van der Waals surface area contributed by atoms with Crippen LogP contribution in [0.1, 0.15) is 44.9 Å². The molecule has 3 aromatic rings. The lowest BCUT2D eigenvalue weighted by molar-refractivity contribution is 0.0743. The molecule has 0 aliphatic heterocycles. The largest absolute Gasteiger partial charge is 0.384 e. The Morgan fingerprint density at radius 3 is 2.28 bits per heavy atom. The smallest absolute Gasteiger partial charge is 0.145 e. The summed E-state index contributed by atoms with van der Waals surface area (Å²) in [5, 5.41) is 10.5.